The zero-order chi connectivity index (χ0) is 10.1. The van der Waals surface area contributed by atoms with E-state index in [1.807, 2.05) is 0 Å². The van der Waals surface area contributed by atoms with Crippen LogP contribution >= 0.6 is 0 Å². The van der Waals surface area contributed by atoms with Crippen LogP contribution in [0.2, 0.25) is 0 Å². The normalized spacial score (nSPS) is 10.4. The third-order valence-corrected chi connectivity index (χ3v) is 1.95. The van der Waals surface area contributed by atoms with Crippen LogP contribution in [0.15, 0.2) is 29.3 Å². The van der Waals surface area contributed by atoms with Crippen LogP contribution in [0, 0.1) is 0 Å². The van der Waals surface area contributed by atoms with E-state index in [2.05, 4.69) is 4.98 Å². The van der Waals surface area contributed by atoms with E-state index in [1.165, 1.54) is 7.11 Å². The summed E-state index contributed by atoms with van der Waals surface area (Å²) >= 11 is 0. The summed E-state index contributed by atoms with van der Waals surface area (Å²) in [4.78, 5) is 15.2. The van der Waals surface area contributed by atoms with Crippen molar-refractivity contribution in [2.45, 2.75) is 0 Å². The Hall–Kier alpha value is -2.04. The van der Waals surface area contributed by atoms with Gasteiger partial charge in [-0.15, -0.1) is 4.73 Å². The molecule has 2 aromatic rings. The maximum absolute atomic E-state index is 11.4. The number of benzene rings is 1. The third kappa shape index (κ3) is 1.19. The van der Waals surface area contributed by atoms with E-state index < -0.39 is 5.56 Å². The highest BCUT2D eigenvalue weighted by Crippen LogP contribution is 2.15. The highest BCUT2D eigenvalue weighted by atomic mass is 16.5. The van der Waals surface area contributed by atoms with Gasteiger partial charge in [-0.2, -0.15) is 0 Å². The molecule has 1 aromatic heterocycles. The third-order valence-electron chi connectivity index (χ3n) is 1.95. The van der Waals surface area contributed by atoms with Gasteiger partial charge in [-0.1, -0.05) is 0 Å². The quantitative estimate of drug-likeness (QED) is 0.673. The summed E-state index contributed by atoms with van der Waals surface area (Å²) in [5, 5.41) is 9.41. The van der Waals surface area contributed by atoms with Crippen molar-refractivity contribution in [1.29, 1.82) is 0 Å². The minimum absolute atomic E-state index is 0.357. The van der Waals surface area contributed by atoms with Crippen molar-refractivity contribution in [3.05, 3.63) is 34.9 Å². The van der Waals surface area contributed by atoms with Gasteiger partial charge >= 0.3 is 0 Å². The van der Waals surface area contributed by atoms with Crippen LogP contribution in [0.4, 0.5) is 0 Å². The van der Waals surface area contributed by atoms with Gasteiger partial charge in [0.15, 0.2) is 0 Å². The van der Waals surface area contributed by atoms with Crippen molar-refractivity contribution < 1.29 is 9.94 Å². The molecule has 5 heteroatoms. The Morgan fingerprint density at radius 1 is 1.50 bits per heavy atom. The van der Waals surface area contributed by atoms with Crippen molar-refractivity contribution in [2.24, 2.45) is 0 Å². The second-order valence-corrected chi connectivity index (χ2v) is 2.78. The largest absolute Gasteiger partial charge is 0.497 e. The van der Waals surface area contributed by atoms with Crippen molar-refractivity contribution in [2.75, 3.05) is 7.11 Å². The van der Waals surface area contributed by atoms with E-state index >= 15 is 0 Å². The van der Waals surface area contributed by atoms with E-state index in [0.717, 1.165) is 6.33 Å². The number of rotatable bonds is 1. The molecule has 1 aromatic carbocycles. The Balaban J connectivity index is 2.81. The Morgan fingerprint density at radius 2 is 2.29 bits per heavy atom. The molecule has 0 atom stereocenters. The van der Waals surface area contributed by atoms with Crippen LogP contribution in [0.3, 0.4) is 0 Å². The molecule has 0 unspecified atom stereocenters. The first kappa shape index (κ1) is 8.55. The smallest absolute Gasteiger partial charge is 0.293 e. The number of methoxy groups -OCH3 is 1. The molecule has 0 saturated carbocycles. The average molecular weight is 192 g/mol. The average Bonchev–Trinajstić information content (AvgIpc) is 2.23. The highest BCUT2D eigenvalue weighted by Gasteiger charge is 2.03. The molecule has 14 heavy (non-hydrogen) atoms. The van der Waals surface area contributed by atoms with Crippen molar-refractivity contribution in [1.82, 2.24) is 9.71 Å². The number of aromatic nitrogens is 2. The molecule has 1 N–H and O–H groups in total. The van der Waals surface area contributed by atoms with E-state index in [0.29, 0.717) is 21.4 Å². The molecular weight excluding hydrogens is 184 g/mol. The van der Waals surface area contributed by atoms with Crippen LogP contribution in [0.1, 0.15) is 0 Å². The number of fused-ring (bicyclic) bond motifs is 1. The van der Waals surface area contributed by atoms with Gasteiger partial charge in [-0.05, 0) is 12.1 Å². The lowest BCUT2D eigenvalue weighted by Gasteiger charge is -2.01. The standard InChI is InChI=1S/C9H8N2O3/c1-14-6-2-3-7-8(4-6)10-5-11(13)9(7)12/h2-5,13H,1H3. The number of ether oxygens (including phenoxy) is 1. The van der Waals surface area contributed by atoms with E-state index in [1.54, 1.807) is 18.2 Å². The van der Waals surface area contributed by atoms with Gasteiger partial charge in [-0.3, -0.25) is 4.79 Å². The van der Waals surface area contributed by atoms with E-state index in [-0.39, 0.29) is 0 Å². The topological polar surface area (TPSA) is 64.3 Å². The van der Waals surface area contributed by atoms with Crippen molar-refractivity contribution in [3.63, 3.8) is 0 Å². The maximum Gasteiger partial charge on any atom is 0.293 e. The second-order valence-electron chi connectivity index (χ2n) is 2.78. The fourth-order valence-electron chi connectivity index (χ4n) is 1.22. The minimum atomic E-state index is -0.488. The second kappa shape index (κ2) is 3.02. The highest BCUT2D eigenvalue weighted by molar-refractivity contribution is 5.78. The summed E-state index contributed by atoms with van der Waals surface area (Å²) in [6.07, 6.45) is 1.06. The first-order valence-electron chi connectivity index (χ1n) is 3.97. The molecule has 0 aliphatic carbocycles. The molecule has 72 valence electrons. The van der Waals surface area contributed by atoms with Crippen molar-refractivity contribution in [3.8, 4) is 5.75 Å². The molecular formula is C9H8N2O3. The summed E-state index contributed by atoms with van der Waals surface area (Å²) in [7, 11) is 1.54. The summed E-state index contributed by atoms with van der Waals surface area (Å²) in [5.74, 6) is 0.625. The molecule has 0 aliphatic heterocycles. The zero-order valence-corrected chi connectivity index (χ0v) is 7.47. The number of nitrogens with zero attached hydrogens (tertiary/aromatic N) is 2. The zero-order valence-electron chi connectivity index (χ0n) is 7.47. The lowest BCUT2D eigenvalue weighted by molar-refractivity contribution is 0.173. The Kier molecular flexibility index (Phi) is 1.85. The summed E-state index contributed by atoms with van der Waals surface area (Å²) in [5.41, 5.74) is 0.0114. The molecule has 0 radical (unpaired) electrons. The Bertz CT molecular complexity index is 533. The lowest BCUT2D eigenvalue weighted by Crippen LogP contribution is -2.17. The Morgan fingerprint density at radius 3 is 3.00 bits per heavy atom. The summed E-state index contributed by atoms with van der Waals surface area (Å²) in [6.45, 7) is 0. The van der Waals surface area contributed by atoms with Crippen LogP contribution in [0.25, 0.3) is 10.9 Å². The molecule has 0 aliphatic rings. The van der Waals surface area contributed by atoms with Crippen LogP contribution < -0.4 is 10.3 Å². The minimum Gasteiger partial charge on any atom is -0.497 e. The van der Waals surface area contributed by atoms with Gasteiger partial charge in [-0.25, -0.2) is 4.98 Å². The predicted octanol–water partition coefficient (Wildman–Crippen LogP) is 0.642. The van der Waals surface area contributed by atoms with E-state index in [9.17, 15) is 4.79 Å². The fourth-order valence-corrected chi connectivity index (χ4v) is 1.22. The van der Waals surface area contributed by atoms with Gasteiger partial charge < -0.3 is 9.94 Å². The van der Waals surface area contributed by atoms with Gasteiger partial charge in [0.2, 0.25) is 0 Å². The van der Waals surface area contributed by atoms with Crippen LogP contribution in [-0.2, 0) is 0 Å². The molecule has 5 nitrogen and oxygen atoms in total. The predicted molar refractivity (Wildman–Crippen MR) is 49.7 cm³/mol. The van der Waals surface area contributed by atoms with Gasteiger partial charge in [0.25, 0.3) is 5.56 Å². The molecule has 2 rings (SSSR count). The Labute approximate surface area is 79.2 Å². The van der Waals surface area contributed by atoms with Gasteiger partial charge in [0, 0.05) is 6.07 Å². The molecule has 0 saturated heterocycles. The monoisotopic (exact) mass is 192 g/mol. The van der Waals surface area contributed by atoms with E-state index in [4.69, 9.17) is 9.94 Å². The molecule has 0 spiro atoms. The first-order valence-corrected chi connectivity index (χ1v) is 3.97. The first-order chi connectivity index (χ1) is 6.72. The number of hydrogen-bond acceptors (Lipinski definition) is 4. The van der Waals surface area contributed by atoms with Crippen LogP contribution in [0.5, 0.6) is 5.75 Å². The fraction of sp³-hybridized carbons (Fsp3) is 0.111. The van der Waals surface area contributed by atoms with Gasteiger partial charge in [0.05, 0.1) is 18.0 Å². The summed E-state index contributed by atoms with van der Waals surface area (Å²) < 4.78 is 5.43. The van der Waals surface area contributed by atoms with Crippen LogP contribution in [-0.4, -0.2) is 22.0 Å². The number of hydrogen-bond donors (Lipinski definition) is 1. The van der Waals surface area contributed by atoms with Gasteiger partial charge in [0.1, 0.15) is 12.1 Å². The molecule has 1 heterocycles. The SMILES string of the molecule is COc1ccc2c(=O)n(O)cnc2c1. The molecule has 0 amide bonds. The lowest BCUT2D eigenvalue weighted by atomic mass is 10.2. The maximum atomic E-state index is 11.4. The summed E-state index contributed by atoms with van der Waals surface area (Å²) in [6, 6.07) is 4.85. The van der Waals surface area contributed by atoms with Crippen molar-refractivity contribution >= 4 is 10.9 Å². The molecule has 0 fully saturated rings. The molecule has 0 bridgehead atoms.